The van der Waals surface area contributed by atoms with E-state index >= 15 is 0 Å². The zero-order chi connectivity index (χ0) is 36.9. The minimum Gasteiger partial charge on any atom is -0.300 e. The van der Waals surface area contributed by atoms with E-state index in [1.165, 1.54) is 95.1 Å². The average Bonchev–Trinajstić information content (AvgIpc) is 3.00. The number of carbonyl (C=O) groups is 1. The van der Waals surface area contributed by atoms with Crippen LogP contribution in [0.3, 0.4) is 0 Å². The SMILES string of the molecule is CC(C)=CCC/C(C)=C/CC/C(C)=C/CC/C(C)=C/CC/C(C)=C/CC/C(C)=C/CC/C(C)=C/CC/C(C)=C/CC/C(C)=C/CC[14C](C)=O. The molecule has 0 unspecified atom stereocenters. The van der Waals surface area contributed by atoms with E-state index in [0.29, 0.717) is 6.42 Å². The van der Waals surface area contributed by atoms with Crippen molar-refractivity contribution in [1.29, 1.82) is 0 Å². The molecule has 0 aromatic heterocycles. The number of hydrogen-bond acceptors (Lipinski definition) is 1. The number of ketones is 1. The lowest BCUT2D eigenvalue weighted by Crippen LogP contribution is -1.87. The molecule has 1 heteroatoms. The summed E-state index contributed by atoms with van der Waals surface area (Å²) in [5.74, 6) is 0.276. The Balaban J connectivity index is 4.22. The summed E-state index contributed by atoms with van der Waals surface area (Å²) in [4.78, 5) is 11.1. The normalized spacial score (nSPS) is 14.5. The molecule has 0 aliphatic rings. The third-order valence-electron chi connectivity index (χ3n) is 9.30. The summed E-state index contributed by atoms with van der Waals surface area (Å²) in [6, 6.07) is 0. The second kappa shape index (κ2) is 30.2. The zero-order valence-corrected chi connectivity index (χ0v) is 34.3. The van der Waals surface area contributed by atoms with E-state index in [4.69, 9.17) is 0 Å². The highest BCUT2D eigenvalue weighted by molar-refractivity contribution is 5.75. The Morgan fingerprint density at radius 1 is 0.327 bits per heavy atom. The standard InChI is InChI=1S/C48H78O/c1-39(2)21-12-22-40(3)23-13-24-41(4)25-14-26-42(5)27-15-28-43(6)29-16-30-44(7)31-17-32-45(8)33-18-34-46(9)35-19-36-47(10)37-20-38-48(11)49/h21,23,25,27,29,31,33,35,37H,12-20,22,24,26,28,30,32,34,36,38H2,1-11H3/b40-23+,41-25+,42-27+,43-29+,44-31+,45-33+,46-35+,47-37+/i48+2. The van der Waals surface area contributed by atoms with Gasteiger partial charge < -0.3 is 4.79 Å². The van der Waals surface area contributed by atoms with Crippen molar-refractivity contribution in [1.82, 2.24) is 0 Å². The van der Waals surface area contributed by atoms with E-state index in [2.05, 4.69) is 124 Å². The van der Waals surface area contributed by atoms with Gasteiger partial charge in [0.2, 0.25) is 0 Å². The molecule has 276 valence electrons. The van der Waals surface area contributed by atoms with Gasteiger partial charge in [0.05, 0.1) is 0 Å². The van der Waals surface area contributed by atoms with E-state index < -0.39 is 0 Å². The van der Waals surface area contributed by atoms with Gasteiger partial charge in [-0.05, 0) is 185 Å². The van der Waals surface area contributed by atoms with Crippen molar-refractivity contribution >= 4 is 5.78 Å². The molecule has 49 heavy (non-hydrogen) atoms. The Kier molecular flexibility index (Phi) is 28.5. The lowest BCUT2D eigenvalue weighted by Gasteiger charge is -2.04. The van der Waals surface area contributed by atoms with Gasteiger partial charge in [0.25, 0.3) is 0 Å². The van der Waals surface area contributed by atoms with Gasteiger partial charge in [-0.25, -0.2) is 0 Å². The van der Waals surface area contributed by atoms with Crippen LogP contribution >= 0.6 is 0 Å². The minimum absolute atomic E-state index is 0.276. The maximum absolute atomic E-state index is 11.1. The van der Waals surface area contributed by atoms with Crippen LogP contribution in [0, 0.1) is 0 Å². The smallest absolute Gasteiger partial charge is 0.130 e. The van der Waals surface area contributed by atoms with Crippen molar-refractivity contribution < 1.29 is 4.79 Å². The summed E-state index contributed by atoms with van der Waals surface area (Å²) in [5, 5.41) is 0. The molecular weight excluding hydrogens is 595 g/mol. The van der Waals surface area contributed by atoms with Gasteiger partial charge in [-0.1, -0.05) is 105 Å². The first-order chi connectivity index (χ1) is 23.3. The van der Waals surface area contributed by atoms with Gasteiger partial charge in [-0.2, -0.15) is 0 Å². The van der Waals surface area contributed by atoms with E-state index in [-0.39, 0.29) is 5.78 Å². The molecule has 0 atom stereocenters. The van der Waals surface area contributed by atoms with Crippen LogP contribution in [-0.4, -0.2) is 5.78 Å². The van der Waals surface area contributed by atoms with Gasteiger partial charge >= 0.3 is 0 Å². The summed E-state index contributed by atoms with van der Waals surface area (Å²) in [5.41, 5.74) is 13.4. The topological polar surface area (TPSA) is 17.1 Å². The molecule has 0 aromatic rings. The molecule has 0 bridgehead atoms. The van der Waals surface area contributed by atoms with Crippen molar-refractivity contribution in [2.45, 2.75) is 192 Å². The summed E-state index contributed by atoms with van der Waals surface area (Å²) >= 11 is 0. The average molecular weight is 673 g/mol. The molecule has 0 saturated heterocycles. The van der Waals surface area contributed by atoms with Crippen LogP contribution in [-0.2, 0) is 4.79 Å². The van der Waals surface area contributed by atoms with Crippen molar-refractivity contribution in [3.63, 3.8) is 0 Å². The second-order valence-electron chi connectivity index (χ2n) is 15.2. The number of carbonyl (C=O) groups excluding carboxylic acids is 1. The summed E-state index contributed by atoms with van der Waals surface area (Å²) in [6.07, 6.45) is 41.7. The number of Topliss-reactive ketones (excluding diaryl/α,β-unsaturated/α-hetero) is 1. The molecule has 0 rings (SSSR count). The largest absolute Gasteiger partial charge is 0.300 e. The highest BCUT2D eigenvalue weighted by atomic mass is 16.3. The van der Waals surface area contributed by atoms with Crippen molar-refractivity contribution in [3.8, 4) is 0 Å². The third kappa shape index (κ3) is 32.3. The van der Waals surface area contributed by atoms with Crippen LogP contribution in [0.25, 0.3) is 0 Å². The highest BCUT2D eigenvalue weighted by Crippen LogP contribution is 2.17. The zero-order valence-electron chi connectivity index (χ0n) is 34.3. The van der Waals surface area contributed by atoms with Gasteiger partial charge in [0, 0.05) is 6.42 Å². The Labute approximate surface area is 306 Å². The maximum Gasteiger partial charge on any atom is 0.130 e. The molecule has 0 saturated carbocycles. The number of rotatable bonds is 27. The lowest BCUT2D eigenvalue weighted by molar-refractivity contribution is -0.116. The maximum atomic E-state index is 11.1. The van der Waals surface area contributed by atoms with Crippen LogP contribution in [0.2, 0.25) is 0 Å². The second-order valence-corrected chi connectivity index (χ2v) is 15.2. The number of allylic oxidation sites excluding steroid dienone is 18. The first-order valence-corrected chi connectivity index (χ1v) is 19.7. The van der Waals surface area contributed by atoms with Gasteiger partial charge in [0.1, 0.15) is 5.78 Å². The summed E-state index contributed by atoms with van der Waals surface area (Å²) in [7, 11) is 0. The van der Waals surface area contributed by atoms with Crippen molar-refractivity contribution in [2.24, 2.45) is 0 Å². The Morgan fingerprint density at radius 3 is 0.694 bits per heavy atom. The first-order valence-electron chi connectivity index (χ1n) is 19.7. The van der Waals surface area contributed by atoms with E-state index in [1.54, 1.807) is 6.92 Å². The molecule has 1 nitrogen and oxygen atoms in total. The molecule has 0 aliphatic carbocycles. The van der Waals surface area contributed by atoms with Crippen LogP contribution in [0.15, 0.2) is 105 Å². The third-order valence-corrected chi connectivity index (χ3v) is 9.30. The van der Waals surface area contributed by atoms with Gasteiger partial charge in [-0.15, -0.1) is 0 Å². The lowest BCUT2D eigenvalue weighted by atomic mass is 10.0. The van der Waals surface area contributed by atoms with Gasteiger partial charge in [-0.3, -0.25) is 0 Å². The monoisotopic (exact) mass is 673 g/mol. The Bertz CT molecular complexity index is 1210. The molecule has 0 fully saturated rings. The summed E-state index contributed by atoms with van der Waals surface area (Å²) in [6.45, 7) is 24.2. The predicted molar refractivity (Wildman–Crippen MR) is 223 cm³/mol. The molecule has 0 spiro atoms. The Morgan fingerprint density at radius 2 is 0.510 bits per heavy atom. The van der Waals surface area contributed by atoms with Crippen LogP contribution in [0.4, 0.5) is 0 Å². The Hall–Kier alpha value is -2.67. The van der Waals surface area contributed by atoms with Gasteiger partial charge in [0.15, 0.2) is 0 Å². The molecule has 0 radical (unpaired) electrons. The minimum atomic E-state index is 0.276. The fraction of sp³-hybridized carbons (Fsp3) is 0.604. The van der Waals surface area contributed by atoms with Crippen LogP contribution in [0.5, 0.6) is 0 Å². The molecular formula is C48H78O. The fourth-order valence-electron chi connectivity index (χ4n) is 5.75. The van der Waals surface area contributed by atoms with Crippen molar-refractivity contribution in [3.05, 3.63) is 105 Å². The summed E-state index contributed by atoms with van der Waals surface area (Å²) < 4.78 is 0. The molecule has 0 N–H and O–H groups in total. The highest BCUT2D eigenvalue weighted by Gasteiger charge is 1.98. The molecule has 0 aromatic carbocycles. The van der Waals surface area contributed by atoms with Crippen LogP contribution < -0.4 is 0 Å². The van der Waals surface area contributed by atoms with Crippen molar-refractivity contribution in [2.75, 3.05) is 0 Å². The quantitative estimate of drug-likeness (QED) is 0.0794. The molecule has 0 amide bonds. The van der Waals surface area contributed by atoms with E-state index in [0.717, 1.165) is 64.2 Å². The van der Waals surface area contributed by atoms with E-state index in [1.807, 2.05) is 0 Å². The number of hydrogen-bond donors (Lipinski definition) is 0. The van der Waals surface area contributed by atoms with E-state index in [9.17, 15) is 4.79 Å². The molecule has 0 heterocycles. The molecule has 0 aliphatic heterocycles. The predicted octanol–water partition coefficient (Wildman–Crippen LogP) is 16.1. The van der Waals surface area contributed by atoms with Crippen LogP contribution in [0.1, 0.15) is 192 Å². The fourth-order valence-corrected chi connectivity index (χ4v) is 5.75. The first kappa shape index (κ1) is 46.3.